The first kappa shape index (κ1) is 30.6. The molecule has 5 aromatic rings. The molecule has 5 heteroatoms. The second-order valence-electron chi connectivity index (χ2n) is 14.9. The third-order valence-corrected chi connectivity index (χ3v) is 12.2. The molecule has 2 unspecified atom stereocenters. The molecule has 2 aromatic carbocycles. The van der Waals surface area contributed by atoms with Gasteiger partial charge in [-0.3, -0.25) is 4.99 Å². The average molecular weight is 625 g/mol. The van der Waals surface area contributed by atoms with Crippen LogP contribution in [0, 0.1) is 0 Å². The number of fused-ring (bicyclic) bond motifs is 11. The van der Waals surface area contributed by atoms with E-state index in [4.69, 9.17) is 14.4 Å². The Labute approximate surface area is 274 Å². The van der Waals surface area contributed by atoms with Crippen LogP contribution in [0.4, 0.5) is 0 Å². The third-order valence-electron chi connectivity index (χ3n) is 10.1. The number of benzene rings is 2. The van der Waals surface area contributed by atoms with E-state index in [1.165, 1.54) is 27.9 Å². The minimum Gasteiger partial charge on any atom is -0.437 e. The minimum atomic E-state index is -1.62. The molecule has 0 saturated carbocycles. The summed E-state index contributed by atoms with van der Waals surface area (Å²) in [4.78, 5) is 10.1. The smallest absolute Gasteiger partial charge is 0.227 e. The van der Waals surface area contributed by atoms with Crippen LogP contribution in [0.1, 0.15) is 92.3 Å². The fourth-order valence-electron chi connectivity index (χ4n) is 7.78. The highest BCUT2D eigenvalue weighted by Gasteiger charge is 2.42. The lowest BCUT2D eigenvalue weighted by atomic mass is 9.77. The Kier molecular flexibility index (Phi) is 7.51. The lowest BCUT2D eigenvalue weighted by Crippen LogP contribution is -2.54. The summed E-state index contributed by atoms with van der Waals surface area (Å²) in [5.74, 6) is 1.11. The highest BCUT2D eigenvalue weighted by molar-refractivity contribution is 6.89. The summed E-state index contributed by atoms with van der Waals surface area (Å²) >= 11 is 0. The lowest BCUT2D eigenvalue weighted by Gasteiger charge is -2.33. The van der Waals surface area contributed by atoms with Gasteiger partial charge in [0.15, 0.2) is 12.2 Å². The summed E-state index contributed by atoms with van der Waals surface area (Å²) < 4.78 is 9.19. The first-order valence-corrected chi connectivity index (χ1v) is 20.4. The number of hydrogen-bond donors (Lipinski definition) is 0. The Bertz CT molecular complexity index is 2070. The van der Waals surface area contributed by atoms with E-state index in [1.807, 2.05) is 6.08 Å². The number of pyridine rings is 2. The van der Waals surface area contributed by atoms with Gasteiger partial charge in [-0.25, -0.2) is 4.98 Å². The van der Waals surface area contributed by atoms with Crippen LogP contribution in [0.3, 0.4) is 0 Å². The van der Waals surface area contributed by atoms with Gasteiger partial charge in [-0.15, -0.1) is 0 Å². The minimum absolute atomic E-state index is 0.221. The maximum absolute atomic E-state index is 6.59. The van der Waals surface area contributed by atoms with E-state index in [1.54, 1.807) is 5.19 Å². The molecule has 234 valence electrons. The monoisotopic (exact) mass is 624 g/mol. The standard InChI is InChI=1S/C41H46N3OSi/c1-10-34-39-27(16-18-31-32-19-20-35(25(4)5)43-41(32)45-40(31)39)15-17-30-28-13-11-12-14-29(28)37-22-33(24(2)3)38(46(7,8)9)23-44(37)36(30)21-26(6)42-34/h10-14,16,18-20,22-25,30,36H,1,6,15,17,21H2,2-5,7-9H3/q+1. The quantitative estimate of drug-likeness (QED) is 0.148. The maximum atomic E-state index is 6.59. The Balaban J connectivity index is 1.42. The highest BCUT2D eigenvalue weighted by Crippen LogP contribution is 2.45. The van der Waals surface area contributed by atoms with Crippen LogP contribution < -0.4 is 9.75 Å². The number of nitrogens with zero attached hydrogens (tertiary/aromatic N) is 3. The van der Waals surface area contributed by atoms with E-state index in [-0.39, 0.29) is 6.04 Å². The fourth-order valence-corrected chi connectivity index (χ4v) is 9.53. The number of furan rings is 1. The SMILES string of the molecule is C=CC1=NC(=C)CC2C(CCc3ccc4c(oc5nc(C(C)C)ccc54)c31)c1ccccc1-c1cc(C(C)C)c([Si](C)(C)C)c[n+]12. The molecule has 2 aliphatic heterocycles. The van der Waals surface area contributed by atoms with Gasteiger partial charge in [0, 0.05) is 50.5 Å². The van der Waals surface area contributed by atoms with Gasteiger partial charge >= 0.3 is 0 Å². The summed E-state index contributed by atoms with van der Waals surface area (Å²) in [6, 6.07) is 20.5. The zero-order valence-corrected chi connectivity index (χ0v) is 29.4. The van der Waals surface area contributed by atoms with Crippen molar-refractivity contribution >= 4 is 41.0 Å². The molecular weight excluding hydrogens is 579 g/mol. The molecule has 0 fully saturated rings. The van der Waals surface area contributed by atoms with Crippen molar-refractivity contribution in [2.75, 3.05) is 0 Å². The molecule has 0 aliphatic carbocycles. The van der Waals surface area contributed by atoms with Gasteiger partial charge in [-0.2, -0.15) is 4.57 Å². The molecule has 5 heterocycles. The van der Waals surface area contributed by atoms with Crippen molar-refractivity contribution in [1.82, 2.24) is 4.98 Å². The molecule has 0 spiro atoms. The predicted molar refractivity (Wildman–Crippen MR) is 195 cm³/mol. The van der Waals surface area contributed by atoms with Gasteiger partial charge < -0.3 is 4.42 Å². The van der Waals surface area contributed by atoms with Crippen molar-refractivity contribution in [3.8, 4) is 11.3 Å². The van der Waals surface area contributed by atoms with Crippen molar-refractivity contribution in [3.63, 3.8) is 0 Å². The lowest BCUT2D eigenvalue weighted by molar-refractivity contribution is -0.717. The molecule has 0 saturated heterocycles. The molecule has 0 radical (unpaired) electrons. The van der Waals surface area contributed by atoms with E-state index < -0.39 is 8.07 Å². The van der Waals surface area contributed by atoms with Gasteiger partial charge in [0.2, 0.25) is 11.4 Å². The van der Waals surface area contributed by atoms with E-state index in [0.717, 1.165) is 58.3 Å². The second-order valence-corrected chi connectivity index (χ2v) is 20.0. The Morgan fingerprint density at radius 2 is 1.74 bits per heavy atom. The van der Waals surface area contributed by atoms with E-state index in [9.17, 15) is 0 Å². The molecule has 7 rings (SSSR count). The Hall–Kier alpha value is -4.09. The van der Waals surface area contributed by atoms with Crippen LogP contribution in [0.2, 0.25) is 19.6 Å². The van der Waals surface area contributed by atoms with Gasteiger partial charge in [-0.05, 0) is 65.6 Å². The number of rotatable bonds is 4. The van der Waals surface area contributed by atoms with E-state index in [0.29, 0.717) is 23.5 Å². The van der Waals surface area contributed by atoms with Crippen molar-refractivity contribution in [2.24, 2.45) is 4.99 Å². The zero-order valence-electron chi connectivity index (χ0n) is 28.4. The summed E-state index contributed by atoms with van der Waals surface area (Å²) in [5, 5.41) is 3.66. The van der Waals surface area contributed by atoms with Crippen LogP contribution in [-0.4, -0.2) is 18.8 Å². The van der Waals surface area contributed by atoms with Crippen LogP contribution in [0.25, 0.3) is 33.3 Å². The van der Waals surface area contributed by atoms with Crippen molar-refractivity contribution in [3.05, 3.63) is 114 Å². The highest BCUT2D eigenvalue weighted by atomic mass is 28.3. The summed E-state index contributed by atoms with van der Waals surface area (Å²) in [6.45, 7) is 25.2. The molecule has 0 N–H and O–H groups in total. The molecule has 0 amide bonds. The molecule has 46 heavy (non-hydrogen) atoms. The number of aryl methyl sites for hydroxylation is 1. The van der Waals surface area contributed by atoms with Gasteiger partial charge in [-0.1, -0.05) is 90.8 Å². The third kappa shape index (κ3) is 5.00. The maximum Gasteiger partial charge on any atom is 0.227 e. The Morgan fingerprint density at radius 3 is 2.46 bits per heavy atom. The molecule has 4 nitrogen and oxygen atoms in total. The molecule has 2 atom stereocenters. The molecule has 3 aromatic heterocycles. The molecule has 2 aliphatic rings. The van der Waals surface area contributed by atoms with Gasteiger partial charge in [0.05, 0.1) is 20.2 Å². The van der Waals surface area contributed by atoms with Gasteiger partial charge in [0.1, 0.15) is 5.58 Å². The topological polar surface area (TPSA) is 42.3 Å². The molecule has 0 bridgehead atoms. The van der Waals surface area contributed by atoms with Crippen molar-refractivity contribution in [2.45, 2.75) is 90.4 Å². The summed E-state index contributed by atoms with van der Waals surface area (Å²) in [5.41, 5.74) is 12.1. The number of hydrogen-bond acceptors (Lipinski definition) is 3. The zero-order chi connectivity index (χ0) is 32.5. The van der Waals surface area contributed by atoms with Crippen LogP contribution >= 0.6 is 0 Å². The van der Waals surface area contributed by atoms with Crippen molar-refractivity contribution < 1.29 is 8.98 Å². The van der Waals surface area contributed by atoms with Crippen LogP contribution in [0.5, 0.6) is 0 Å². The summed E-state index contributed by atoms with van der Waals surface area (Å²) in [6.07, 6.45) is 7.08. The van der Waals surface area contributed by atoms with E-state index >= 15 is 0 Å². The Morgan fingerprint density at radius 1 is 0.978 bits per heavy atom. The fraction of sp³-hybridized carbons (Fsp3) is 0.341. The van der Waals surface area contributed by atoms with Crippen molar-refractivity contribution in [1.29, 1.82) is 0 Å². The number of aromatic nitrogens is 2. The largest absolute Gasteiger partial charge is 0.437 e. The second kappa shape index (κ2) is 11.3. The van der Waals surface area contributed by atoms with Gasteiger partial charge in [0.25, 0.3) is 0 Å². The van der Waals surface area contributed by atoms with Crippen LogP contribution in [-0.2, 0) is 6.42 Å². The van der Waals surface area contributed by atoms with Crippen LogP contribution in [0.15, 0.2) is 95.1 Å². The number of allylic oxidation sites excluding steroid dienone is 2. The first-order valence-electron chi connectivity index (χ1n) is 16.9. The average Bonchev–Trinajstić information content (AvgIpc) is 3.40. The normalized spacial score (nSPS) is 18.3. The first-order chi connectivity index (χ1) is 22.0. The number of aliphatic imine (C=N–C) groups is 1. The molecular formula is C41H46N3OSi+. The predicted octanol–water partition coefficient (Wildman–Crippen LogP) is 9.89. The summed E-state index contributed by atoms with van der Waals surface area (Å²) in [7, 11) is -1.62. The van der Waals surface area contributed by atoms with E-state index in [2.05, 4.69) is 126 Å².